The summed E-state index contributed by atoms with van der Waals surface area (Å²) in [4.78, 5) is 15.3. The van der Waals surface area contributed by atoms with Gasteiger partial charge in [-0.15, -0.1) is 0 Å². The normalized spacial score (nSPS) is 18.6. The Bertz CT molecular complexity index is 1020. The Hall–Kier alpha value is -2.80. The van der Waals surface area contributed by atoms with Crippen molar-refractivity contribution < 1.29 is 4.74 Å². The number of hydrogen-bond acceptors (Lipinski definition) is 4. The summed E-state index contributed by atoms with van der Waals surface area (Å²) >= 11 is 0. The molecule has 0 bridgehead atoms. The van der Waals surface area contributed by atoms with Gasteiger partial charge in [0.15, 0.2) is 0 Å². The minimum absolute atomic E-state index is 0.102. The largest absolute Gasteiger partial charge is 0.496 e. The van der Waals surface area contributed by atoms with E-state index >= 15 is 0 Å². The van der Waals surface area contributed by atoms with E-state index in [9.17, 15) is 4.79 Å². The number of ether oxygens (including phenoxy) is 1. The van der Waals surface area contributed by atoms with Gasteiger partial charge in [-0.05, 0) is 31.4 Å². The Labute approximate surface area is 164 Å². The number of H-pyrrole nitrogens is 2. The summed E-state index contributed by atoms with van der Waals surface area (Å²) < 4.78 is 7.75. The molecule has 1 aliphatic heterocycles. The van der Waals surface area contributed by atoms with Gasteiger partial charge < -0.3 is 14.3 Å². The number of aryl methyl sites for hydroxylation is 1. The second-order valence-corrected chi connectivity index (χ2v) is 7.84. The smallest absolute Gasteiger partial charge is 0.256 e. The van der Waals surface area contributed by atoms with Crippen LogP contribution in [0.2, 0.25) is 0 Å². The van der Waals surface area contributed by atoms with Gasteiger partial charge in [0.1, 0.15) is 5.75 Å². The first kappa shape index (κ1) is 18.6. The molecule has 3 aromatic rings. The molecule has 0 spiro atoms. The standard InChI is InChI=1S/C21H27N5O2/c1-12(2)16-8-18-15(14-9-23-24-10-14)5-6-26(18)20(16)22-11-17-19(28-4)7-13(3)25-21(17)27/h5-7,9-10,12,16,20,22H,8,11H2,1-4H3,(H,23,24)(H,25,27)/t16-,20?/m0/s1. The highest BCUT2D eigenvalue weighted by Gasteiger charge is 2.35. The zero-order valence-electron chi connectivity index (χ0n) is 16.7. The van der Waals surface area contributed by atoms with Gasteiger partial charge in [0.2, 0.25) is 0 Å². The maximum absolute atomic E-state index is 12.5. The molecule has 1 aliphatic rings. The predicted octanol–water partition coefficient (Wildman–Crippen LogP) is 3.00. The zero-order chi connectivity index (χ0) is 19.8. The van der Waals surface area contributed by atoms with Crippen molar-refractivity contribution in [2.75, 3.05) is 7.11 Å². The SMILES string of the molecule is COc1cc(C)[nH]c(=O)c1CNC1[C@H](C(C)C)Cc2c(-c3cn[nH]c3)ccn21. The molecule has 1 unspecified atom stereocenters. The topological polar surface area (TPSA) is 87.7 Å². The van der Waals surface area contributed by atoms with Crippen LogP contribution in [-0.2, 0) is 13.0 Å². The highest BCUT2D eigenvalue weighted by molar-refractivity contribution is 5.65. The van der Waals surface area contributed by atoms with E-state index in [0.717, 1.165) is 17.7 Å². The number of nitrogens with one attached hydrogen (secondary N) is 3. The van der Waals surface area contributed by atoms with Crippen LogP contribution < -0.4 is 15.6 Å². The predicted molar refractivity (Wildman–Crippen MR) is 108 cm³/mol. The molecule has 7 nitrogen and oxygen atoms in total. The number of hydrogen-bond donors (Lipinski definition) is 3. The van der Waals surface area contributed by atoms with Crippen LogP contribution in [0.4, 0.5) is 0 Å². The lowest BCUT2D eigenvalue weighted by Crippen LogP contribution is -2.33. The lowest BCUT2D eigenvalue weighted by molar-refractivity contribution is 0.249. The van der Waals surface area contributed by atoms with Gasteiger partial charge in [-0.2, -0.15) is 5.10 Å². The fourth-order valence-corrected chi connectivity index (χ4v) is 4.25. The van der Waals surface area contributed by atoms with Crippen molar-refractivity contribution in [3.63, 3.8) is 0 Å². The fourth-order valence-electron chi connectivity index (χ4n) is 4.25. The number of aromatic amines is 2. The highest BCUT2D eigenvalue weighted by Crippen LogP contribution is 2.40. The second-order valence-electron chi connectivity index (χ2n) is 7.84. The average Bonchev–Trinajstić information content (AvgIpc) is 3.36. The third-order valence-corrected chi connectivity index (χ3v) is 5.76. The van der Waals surface area contributed by atoms with Crippen LogP contribution in [-0.4, -0.2) is 26.9 Å². The molecule has 0 aromatic carbocycles. The van der Waals surface area contributed by atoms with Gasteiger partial charge in [0.25, 0.3) is 5.56 Å². The number of rotatable bonds is 6. The number of fused-ring (bicyclic) bond motifs is 1. The summed E-state index contributed by atoms with van der Waals surface area (Å²) in [6.45, 7) is 6.81. The maximum Gasteiger partial charge on any atom is 0.256 e. The second kappa shape index (κ2) is 7.31. The average molecular weight is 381 g/mol. The van der Waals surface area contributed by atoms with Crippen LogP contribution >= 0.6 is 0 Å². The van der Waals surface area contributed by atoms with E-state index in [-0.39, 0.29) is 11.7 Å². The van der Waals surface area contributed by atoms with E-state index < -0.39 is 0 Å². The molecule has 2 atom stereocenters. The monoisotopic (exact) mass is 381 g/mol. The van der Waals surface area contributed by atoms with Crippen LogP contribution in [0.5, 0.6) is 5.75 Å². The molecule has 0 aliphatic carbocycles. The highest BCUT2D eigenvalue weighted by atomic mass is 16.5. The third-order valence-electron chi connectivity index (χ3n) is 5.76. The van der Waals surface area contributed by atoms with E-state index in [2.05, 4.69) is 51.2 Å². The molecule has 4 heterocycles. The van der Waals surface area contributed by atoms with E-state index in [4.69, 9.17) is 4.74 Å². The molecule has 0 saturated heterocycles. The Morgan fingerprint density at radius 3 is 2.93 bits per heavy atom. The van der Waals surface area contributed by atoms with Crippen LogP contribution in [0.15, 0.2) is 35.5 Å². The van der Waals surface area contributed by atoms with Crippen molar-refractivity contribution in [3.8, 4) is 16.9 Å². The summed E-state index contributed by atoms with van der Waals surface area (Å²) in [6, 6.07) is 4.01. The molecule has 148 valence electrons. The summed E-state index contributed by atoms with van der Waals surface area (Å²) in [7, 11) is 1.60. The molecule has 3 aromatic heterocycles. The van der Waals surface area contributed by atoms with Crippen molar-refractivity contribution in [1.29, 1.82) is 0 Å². The summed E-state index contributed by atoms with van der Waals surface area (Å²) in [5.74, 6) is 1.57. The van der Waals surface area contributed by atoms with Gasteiger partial charge in [-0.1, -0.05) is 13.8 Å². The quantitative estimate of drug-likeness (QED) is 0.612. The van der Waals surface area contributed by atoms with Crippen molar-refractivity contribution >= 4 is 0 Å². The zero-order valence-corrected chi connectivity index (χ0v) is 16.7. The Morgan fingerprint density at radius 1 is 1.43 bits per heavy atom. The Balaban J connectivity index is 1.64. The molecule has 7 heteroatoms. The molecule has 4 rings (SSSR count). The van der Waals surface area contributed by atoms with Gasteiger partial charge >= 0.3 is 0 Å². The molecule has 3 N–H and O–H groups in total. The molecule has 0 saturated carbocycles. The Kier molecular flexibility index (Phi) is 4.85. The van der Waals surface area contributed by atoms with Crippen molar-refractivity contribution in [3.05, 3.63) is 58.0 Å². The summed E-state index contributed by atoms with van der Waals surface area (Å²) in [6.07, 6.45) is 7.04. The molecule has 0 radical (unpaired) electrons. The van der Waals surface area contributed by atoms with Crippen molar-refractivity contribution in [2.24, 2.45) is 11.8 Å². The number of pyridine rings is 1. The molecule has 28 heavy (non-hydrogen) atoms. The fraction of sp³-hybridized carbons (Fsp3) is 0.429. The minimum atomic E-state index is -0.102. The maximum atomic E-state index is 12.5. The van der Waals surface area contributed by atoms with Gasteiger partial charge in [-0.3, -0.25) is 15.2 Å². The first-order chi connectivity index (χ1) is 13.5. The van der Waals surface area contributed by atoms with E-state index in [1.807, 2.05) is 25.4 Å². The molecule has 0 fully saturated rings. The lowest BCUT2D eigenvalue weighted by Gasteiger charge is -2.26. The minimum Gasteiger partial charge on any atom is -0.496 e. The van der Waals surface area contributed by atoms with Gasteiger partial charge in [-0.25, -0.2) is 0 Å². The summed E-state index contributed by atoms with van der Waals surface area (Å²) in [5.41, 5.74) is 4.95. The lowest BCUT2D eigenvalue weighted by atomic mass is 9.90. The van der Waals surface area contributed by atoms with Crippen molar-refractivity contribution in [2.45, 2.75) is 39.9 Å². The molecule has 0 amide bonds. The first-order valence-corrected chi connectivity index (χ1v) is 9.68. The van der Waals surface area contributed by atoms with Gasteiger partial charge in [0.05, 0.1) is 25.0 Å². The first-order valence-electron chi connectivity index (χ1n) is 9.68. The molecular formula is C21H27N5O2. The van der Waals surface area contributed by atoms with Gasteiger partial charge in [0, 0.05) is 47.4 Å². The number of aromatic nitrogens is 4. The Morgan fingerprint density at radius 2 is 2.25 bits per heavy atom. The van der Waals surface area contributed by atoms with Crippen molar-refractivity contribution in [1.82, 2.24) is 25.1 Å². The van der Waals surface area contributed by atoms with Crippen LogP contribution in [0.25, 0.3) is 11.1 Å². The van der Waals surface area contributed by atoms with Crippen LogP contribution in [0.1, 0.15) is 37.0 Å². The van der Waals surface area contributed by atoms with Crippen LogP contribution in [0, 0.1) is 18.8 Å². The van der Waals surface area contributed by atoms with E-state index in [1.165, 1.54) is 11.3 Å². The summed E-state index contributed by atoms with van der Waals surface area (Å²) in [5, 5.41) is 10.6. The van der Waals surface area contributed by atoms with E-state index in [0.29, 0.717) is 29.7 Å². The van der Waals surface area contributed by atoms with E-state index in [1.54, 1.807) is 7.11 Å². The number of methoxy groups -OCH3 is 1. The molecular weight excluding hydrogens is 354 g/mol. The van der Waals surface area contributed by atoms with Crippen LogP contribution in [0.3, 0.4) is 0 Å². The number of nitrogens with zero attached hydrogens (tertiary/aromatic N) is 2. The third kappa shape index (κ3) is 3.16.